The van der Waals surface area contributed by atoms with Gasteiger partial charge in [0.25, 0.3) is 0 Å². The van der Waals surface area contributed by atoms with E-state index in [-0.39, 0.29) is 6.42 Å². The summed E-state index contributed by atoms with van der Waals surface area (Å²) in [5.74, 6) is -0.786. The molecular formula is C28H37I2NO2. The topological polar surface area (TPSA) is 40.5 Å². The van der Waals surface area contributed by atoms with Crippen LogP contribution in [0.3, 0.4) is 0 Å². The monoisotopic (exact) mass is 673 g/mol. The van der Waals surface area contributed by atoms with Gasteiger partial charge in [-0.2, -0.15) is 0 Å². The van der Waals surface area contributed by atoms with E-state index in [2.05, 4.69) is 128 Å². The predicted molar refractivity (Wildman–Crippen MR) is 159 cm³/mol. The number of hydrogen-bond acceptors (Lipinski definition) is 2. The van der Waals surface area contributed by atoms with E-state index in [1.165, 1.54) is 14.7 Å². The molecule has 0 aromatic heterocycles. The number of benzene rings is 3. The van der Waals surface area contributed by atoms with E-state index in [1.807, 2.05) is 42.5 Å². The summed E-state index contributed by atoms with van der Waals surface area (Å²) in [7, 11) is 4.15. The Morgan fingerprint density at radius 1 is 0.818 bits per heavy atom. The standard InChI is InChI=1S/C8H7IO2.C8H9I.C7H8.C5H13N/c9-7-3-1-6(2-4-7)5-8(10)11;1-2-7-3-5-8(9)6-4-7;1-7-5-3-2-4-6-7;1-5(2)6(3)4/h1-4H,5H2,(H,10,11);3-6H,2H2,1H3;2-6H,1H3;5H,1-4H3. The molecule has 5 heteroatoms. The van der Waals surface area contributed by atoms with Crippen molar-refractivity contribution in [1.29, 1.82) is 0 Å². The minimum Gasteiger partial charge on any atom is -0.481 e. The van der Waals surface area contributed by atoms with Gasteiger partial charge in [0.2, 0.25) is 0 Å². The Morgan fingerprint density at radius 3 is 1.48 bits per heavy atom. The Balaban J connectivity index is 0.000000425. The first-order valence-corrected chi connectivity index (χ1v) is 13.1. The van der Waals surface area contributed by atoms with Gasteiger partial charge in [0.15, 0.2) is 0 Å². The van der Waals surface area contributed by atoms with Gasteiger partial charge < -0.3 is 10.0 Å². The van der Waals surface area contributed by atoms with E-state index >= 15 is 0 Å². The Hall–Kier alpha value is -1.45. The first kappa shape index (κ1) is 31.6. The lowest BCUT2D eigenvalue weighted by Gasteiger charge is -2.12. The molecule has 0 saturated heterocycles. The lowest BCUT2D eigenvalue weighted by atomic mass is 10.2. The zero-order valence-electron chi connectivity index (χ0n) is 20.6. The lowest BCUT2D eigenvalue weighted by molar-refractivity contribution is -0.136. The van der Waals surface area contributed by atoms with Crippen molar-refractivity contribution in [2.75, 3.05) is 14.1 Å². The second-order valence-electron chi connectivity index (χ2n) is 7.89. The highest BCUT2D eigenvalue weighted by atomic mass is 127. The SMILES string of the molecule is CC(C)N(C)C.CCc1ccc(I)cc1.Cc1ccccc1.O=C(O)Cc1ccc(I)cc1. The molecule has 3 aromatic carbocycles. The van der Waals surface area contributed by atoms with Gasteiger partial charge >= 0.3 is 5.97 Å². The van der Waals surface area contributed by atoms with Gasteiger partial charge in [-0.15, -0.1) is 0 Å². The lowest BCUT2D eigenvalue weighted by Crippen LogP contribution is -2.20. The molecule has 3 rings (SSSR count). The molecule has 0 aliphatic heterocycles. The van der Waals surface area contributed by atoms with Crippen molar-refractivity contribution in [2.45, 2.75) is 46.6 Å². The fourth-order valence-corrected chi connectivity index (χ4v) is 2.75. The highest BCUT2D eigenvalue weighted by molar-refractivity contribution is 14.1. The van der Waals surface area contributed by atoms with Gasteiger partial charge in [0.05, 0.1) is 6.42 Å². The average Bonchev–Trinajstić information content (AvgIpc) is 2.77. The zero-order valence-corrected chi connectivity index (χ0v) is 24.9. The smallest absolute Gasteiger partial charge is 0.307 e. The third kappa shape index (κ3) is 18.6. The molecular weight excluding hydrogens is 636 g/mol. The number of carboxylic acid groups (broad SMARTS) is 1. The van der Waals surface area contributed by atoms with Crippen LogP contribution in [0.25, 0.3) is 0 Å². The Morgan fingerprint density at radius 2 is 1.21 bits per heavy atom. The van der Waals surface area contributed by atoms with Crippen molar-refractivity contribution in [3.05, 3.63) is 103 Å². The summed E-state index contributed by atoms with van der Waals surface area (Å²) in [4.78, 5) is 12.4. The molecule has 0 bridgehead atoms. The molecule has 0 spiro atoms. The van der Waals surface area contributed by atoms with Crippen LogP contribution in [0, 0.1) is 14.1 Å². The maximum Gasteiger partial charge on any atom is 0.307 e. The highest BCUT2D eigenvalue weighted by Crippen LogP contribution is 2.07. The van der Waals surface area contributed by atoms with Crippen LogP contribution in [-0.2, 0) is 17.6 Å². The third-order valence-corrected chi connectivity index (χ3v) is 6.00. The van der Waals surface area contributed by atoms with Gasteiger partial charge in [0, 0.05) is 13.2 Å². The van der Waals surface area contributed by atoms with Gasteiger partial charge in [0.1, 0.15) is 0 Å². The largest absolute Gasteiger partial charge is 0.481 e. The van der Waals surface area contributed by atoms with Crippen molar-refractivity contribution in [2.24, 2.45) is 0 Å². The van der Waals surface area contributed by atoms with Crippen LogP contribution in [0.15, 0.2) is 78.9 Å². The Kier molecular flexibility index (Phi) is 18.1. The molecule has 1 N–H and O–H groups in total. The van der Waals surface area contributed by atoms with Crippen molar-refractivity contribution < 1.29 is 9.90 Å². The fraction of sp³-hybridized carbons (Fsp3) is 0.321. The highest BCUT2D eigenvalue weighted by Gasteiger charge is 1.98. The van der Waals surface area contributed by atoms with E-state index in [9.17, 15) is 4.79 Å². The van der Waals surface area contributed by atoms with Crippen LogP contribution in [0.2, 0.25) is 0 Å². The van der Waals surface area contributed by atoms with E-state index in [4.69, 9.17) is 5.11 Å². The number of aryl methyl sites for hydroxylation is 2. The number of rotatable bonds is 4. The van der Waals surface area contributed by atoms with E-state index in [0.29, 0.717) is 6.04 Å². The molecule has 3 aromatic rings. The molecule has 33 heavy (non-hydrogen) atoms. The number of hydrogen-bond donors (Lipinski definition) is 1. The molecule has 180 valence electrons. The summed E-state index contributed by atoms with van der Waals surface area (Å²) >= 11 is 4.50. The van der Waals surface area contributed by atoms with Crippen LogP contribution < -0.4 is 0 Å². The fourth-order valence-electron chi connectivity index (χ4n) is 2.03. The minimum atomic E-state index is -0.786. The van der Waals surface area contributed by atoms with Crippen LogP contribution in [-0.4, -0.2) is 36.1 Å². The molecule has 0 saturated carbocycles. The molecule has 0 heterocycles. The molecule has 0 aliphatic rings. The van der Waals surface area contributed by atoms with Gasteiger partial charge in [-0.3, -0.25) is 4.79 Å². The van der Waals surface area contributed by atoms with Crippen LogP contribution in [0.4, 0.5) is 0 Å². The second kappa shape index (κ2) is 18.9. The molecule has 0 fully saturated rings. The van der Waals surface area contributed by atoms with Gasteiger partial charge in [-0.05, 0) is 122 Å². The van der Waals surface area contributed by atoms with Crippen molar-refractivity contribution in [3.8, 4) is 0 Å². The molecule has 0 unspecified atom stereocenters. The quantitative estimate of drug-likeness (QED) is 0.289. The van der Waals surface area contributed by atoms with E-state index in [0.717, 1.165) is 15.6 Å². The number of aliphatic carboxylic acids is 1. The number of nitrogens with zero attached hydrogens (tertiary/aromatic N) is 1. The van der Waals surface area contributed by atoms with E-state index < -0.39 is 5.97 Å². The van der Waals surface area contributed by atoms with Crippen LogP contribution in [0.5, 0.6) is 0 Å². The molecule has 0 atom stereocenters. The Labute approximate surface area is 227 Å². The zero-order chi connectivity index (χ0) is 25.2. The van der Waals surface area contributed by atoms with Crippen LogP contribution >= 0.6 is 45.2 Å². The van der Waals surface area contributed by atoms with Gasteiger partial charge in [-0.1, -0.05) is 67.1 Å². The van der Waals surface area contributed by atoms with Crippen molar-refractivity contribution in [3.63, 3.8) is 0 Å². The van der Waals surface area contributed by atoms with Gasteiger partial charge in [-0.25, -0.2) is 0 Å². The number of carbonyl (C=O) groups is 1. The Bertz CT molecular complexity index is 872. The maximum atomic E-state index is 10.3. The maximum absolute atomic E-state index is 10.3. The summed E-state index contributed by atoms with van der Waals surface area (Å²) in [5.41, 5.74) is 3.58. The summed E-state index contributed by atoms with van der Waals surface area (Å²) in [6.07, 6.45) is 1.24. The van der Waals surface area contributed by atoms with E-state index in [1.54, 1.807) is 0 Å². The summed E-state index contributed by atoms with van der Waals surface area (Å²) in [5, 5.41) is 8.43. The normalized spacial score (nSPS) is 9.64. The first-order valence-electron chi connectivity index (χ1n) is 10.9. The third-order valence-electron chi connectivity index (χ3n) is 4.56. The number of halogens is 2. The summed E-state index contributed by atoms with van der Waals surface area (Å²) < 4.78 is 2.43. The first-order chi connectivity index (χ1) is 15.5. The molecule has 0 amide bonds. The molecule has 3 nitrogen and oxygen atoms in total. The second-order valence-corrected chi connectivity index (χ2v) is 10.4. The number of carboxylic acids is 1. The van der Waals surface area contributed by atoms with Crippen LogP contribution in [0.1, 0.15) is 37.5 Å². The average molecular weight is 673 g/mol. The van der Waals surface area contributed by atoms with Crippen molar-refractivity contribution in [1.82, 2.24) is 4.90 Å². The molecule has 0 radical (unpaired) electrons. The molecule has 0 aliphatic carbocycles. The minimum absolute atomic E-state index is 0.108. The van der Waals surface area contributed by atoms with Crippen molar-refractivity contribution >= 4 is 51.2 Å². The predicted octanol–water partition coefficient (Wildman–Crippen LogP) is 7.72. The summed E-state index contributed by atoms with van der Waals surface area (Å²) in [6, 6.07) is 27.0. The summed E-state index contributed by atoms with van der Waals surface area (Å²) in [6.45, 7) is 8.59.